The van der Waals surface area contributed by atoms with Crippen LogP contribution in [0.15, 0.2) is 24.5 Å². The van der Waals surface area contributed by atoms with Gasteiger partial charge in [0.2, 0.25) is 0 Å². The molecule has 0 radical (unpaired) electrons. The highest BCUT2D eigenvalue weighted by atomic mass is 28.4. The van der Waals surface area contributed by atoms with Crippen LogP contribution in [0.2, 0.25) is 37.8 Å². The quantitative estimate of drug-likeness (QED) is 0.284. The van der Waals surface area contributed by atoms with Crippen LogP contribution in [0.5, 0.6) is 0 Å². The van der Waals surface area contributed by atoms with Gasteiger partial charge in [0.05, 0.1) is 26.1 Å². The summed E-state index contributed by atoms with van der Waals surface area (Å²) < 4.78 is 17.4. The number of hydrogen-bond acceptors (Lipinski definition) is 3. The first kappa shape index (κ1) is 22.6. The second-order valence-electron chi connectivity index (χ2n) is 8.45. The van der Waals surface area contributed by atoms with Crippen molar-refractivity contribution in [2.75, 3.05) is 13.7 Å². The molecule has 0 rings (SSSR count). The average Bonchev–Trinajstić information content (AvgIpc) is 2.36. The molecule has 0 aliphatic rings. The molecule has 0 saturated carbocycles. The van der Waals surface area contributed by atoms with Gasteiger partial charge in [0.25, 0.3) is 0 Å². The minimum absolute atomic E-state index is 0.141. The van der Waals surface area contributed by atoms with E-state index in [4.69, 9.17) is 13.6 Å². The van der Waals surface area contributed by atoms with Crippen molar-refractivity contribution in [2.45, 2.75) is 77.5 Å². The van der Waals surface area contributed by atoms with E-state index in [1.807, 2.05) is 0 Å². The minimum atomic E-state index is -1.77. The van der Waals surface area contributed by atoms with E-state index in [2.05, 4.69) is 71.7 Å². The lowest BCUT2D eigenvalue weighted by Crippen LogP contribution is -2.43. The zero-order chi connectivity index (χ0) is 18.1. The van der Waals surface area contributed by atoms with Crippen molar-refractivity contribution in [3.8, 4) is 0 Å². The van der Waals surface area contributed by atoms with Crippen molar-refractivity contribution < 1.29 is 13.6 Å². The summed E-state index contributed by atoms with van der Waals surface area (Å²) in [5, 5.41) is 0.219. The molecule has 0 heterocycles. The average molecular weight is 359 g/mol. The second-order valence-corrected chi connectivity index (χ2v) is 17.7. The normalized spacial score (nSPS) is 15.5. The van der Waals surface area contributed by atoms with Crippen LogP contribution in [0.25, 0.3) is 0 Å². The molecule has 0 aliphatic heterocycles. The molecule has 0 saturated heterocycles. The first-order valence-electron chi connectivity index (χ1n) is 8.55. The summed E-state index contributed by atoms with van der Waals surface area (Å²) in [6.45, 7) is 18.7. The maximum atomic E-state index is 6.55. The molecular weight excluding hydrogens is 320 g/mol. The van der Waals surface area contributed by atoms with Crippen LogP contribution in [-0.4, -0.2) is 36.5 Å². The third-order valence-corrected chi connectivity index (χ3v) is 9.60. The van der Waals surface area contributed by atoms with Crippen molar-refractivity contribution in [2.24, 2.45) is 0 Å². The molecule has 0 bridgehead atoms. The largest absolute Gasteiger partial charge is 0.505 e. The van der Waals surface area contributed by atoms with E-state index < -0.39 is 16.6 Å². The first-order chi connectivity index (χ1) is 10.4. The number of hydrogen-bond donors (Lipinski definition) is 0. The lowest BCUT2D eigenvalue weighted by molar-refractivity contribution is 0.214. The SMILES string of the molecule is CO/C=C\CCC(/C=C\CO[Si](C)(C)C)O[Si](C)(C)C(C)(C)C. The third kappa shape index (κ3) is 10.9. The van der Waals surface area contributed by atoms with Gasteiger partial charge in [-0.25, -0.2) is 0 Å². The number of methoxy groups -OCH3 is 1. The molecule has 23 heavy (non-hydrogen) atoms. The molecule has 1 unspecified atom stereocenters. The fraction of sp³-hybridized carbons (Fsp3) is 0.778. The van der Waals surface area contributed by atoms with E-state index in [9.17, 15) is 0 Å². The molecule has 0 aromatic heterocycles. The topological polar surface area (TPSA) is 27.7 Å². The number of rotatable bonds is 10. The molecule has 136 valence electrons. The molecule has 0 aliphatic carbocycles. The fourth-order valence-electron chi connectivity index (χ4n) is 1.68. The maximum absolute atomic E-state index is 6.55. The van der Waals surface area contributed by atoms with E-state index in [0.717, 1.165) is 12.8 Å². The van der Waals surface area contributed by atoms with E-state index in [-0.39, 0.29) is 11.1 Å². The molecule has 0 N–H and O–H groups in total. The van der Waals surface area contributed by atoms with Gasteiger partial charge < -0.3 is 13.6 Å². The van der Waals surface area contributed by atoms with Gasteiger partial charge in [-0.05, 0) is 56.7 Å². The van der Waals surface area contributed by atoms with Crippen molar-refractivity contribution in [3.63, 3.8) is 0 Å². The lowest BCUT2D eigenvalue weighted by Gasteiger charge is -2.38. The zero-order valence-electron chi connectivity index (χ0n) is 16.7. The van der Waals surface area contributed by atoms with E-state index in [1.165, 1.54) is 0 Å². The van der Waals surface area contributed by atoms with Crippen LogP contribution >= 0.6 is 0 Å². The summed E-state index contributed by atoms with van der Waals surface area (Å²) in [6, 6.07) is 0. The van der Waals surface area contributed by atoms with E-state index in [0.29, 0.717) is 6.61 Å². The highest BCUT2D eigenvalue weighted by Crippen LogP contribution is 2.37. The van der Waals surface area contributed by atoms with Gasteiger partial charge in [-0.1, -0.05) is 32.9 Å². The summed E-state index contributed by atoms with van der Waals surface area (Å²) in [7, 11) is -1.55. The summed E-state index contributed by atoms with van der Waals surface area (Å²) in [5.74, 6) is 0. The Morgan fingerprint density at radius 3 is 2.09 bits per heavy atom. The molecule has 0 spiro atoms. The Kier molecular flexibility index (Phi) is 9.66. The van der Waals surface area contributed by atoms with E-state index >= 15 is 0 Å². The molecule has 3 nitrogen and oxygen atoms in total. The smallest absolute Gasteiger partial charge is 0.192 e. The molecule has 0 aromatic rings. The highest BCUT2D eigenvalue weighted by molar-refractivity contribution is 6.74. The van der Waals surface area contributed by atoms with Crippen LogP contribution in [0.4, 0.5) is 0 Å². The van der Waals surface area contributed by atoms with Crippen LogP contribution in [0.3, 0.4) is 0 Å². The molecule has 1 atom stereocenters. The van der Waals surface area contributed by atoms with Crippen LogP contribution in [0.1, 0.15) is 33.6 Å². The molecule has 0 fully saturated rings. The maximum Gasteiger partial charge on any atom is 0.192 e. The summed E-state index contributed by atoms with van der Waals surface area (Å²) in [5.41, 5.74) is 0. The number of allylic oxidation sites excluding steroid dienone is 1. The zero-order valence-corrected chi connectivity index (χ0v) is 18.7. The van der Waals surface area contributed by atoms with Gasteiger partial charge in [0.1, 0.15) is 0 Å². The molecular formula is C18H38O3Si2. The van der Waals surface area contributed by atoms with Crippen molar-refractivity contribution in [1.82, 2.24) is 0 Å². The number of ether oxygens (including phenoxy) is 1. The van der Waals surface area contributed by atoms with Gasteiger partial charge in [0, 0.05) is 0 Å². The van der Waals surface area contributed by atoms with Crippen molar-refractivity contribution in [3.05, 3.63) is 24.5 Å². The van der Waals surface area contributed by atoms with Crippen LogP contribution in [-0.2, 0) is 13.6 Å². The van der Waals surface area contributed by atoms with Gasteiger partial charge in [0.15, 0.2) is 16.6 Å². The summed E-state index contributed by atoms with van der Waals surface area (Å²) in [4.78, 5) is 0. The van der Waals surface area contributed by atoms with Gasteiger partial charge in [-0.15, -0.1) is 0 Å². The van der Waals surface area contributed by atoms with Gasteiger partial charge in [-0.2, -0.15) is 0 Å². The standard InChI is InChI=1S/C18H38O3Si2/c1-18(2,3)23(8,9)21-17(13-10-11-15-19-4)14-12-16-20-22(5,6)7/h11-12,14-15,17H,10,13,16H2,1-9H3/b14-12-,15-11-. The van der Waals surface area contributed by atoms with Crippen molar-refractivity contribution in [1.29, 1.82) is 0 Å². The lowest BCUT2D eigenvalue weighted by atomic mass is 10.2. The van der Waals surface area contributed by atoms with Gasteiger partial charge in [-0.3, -0.25) is 0 Å². The summed E-state index contributed by atoms with van der Waals surface area (Å²) in [6.07, 6.45) is 10.2. The minimum Gasteiger partial charge on any atom is -0.505 e. The fourth-order valence-corrected chi connectivity index (χ4v) is 3.58. The highest BCUT2D eigenvalue weighted by Gasteiger charge is 2.38. The van der Waals surface area contributed by atoms with Crippen LogP contribution < -0.4 is 0 Å². The Hall–Kier alpha value is -0.366. The molecule has 0 aromatic carbocycles. The summed E-state index contributed by atoms with van der Waals surface area (Å²) >= 11 is 0. The van der Waals surface area contributed by atoms with E-state index in [1.54, 1.807) is 13.4 Å². The van der Waals surface area contributed by atoms with Crippen LogP contribution in [0, 0.1) is 0 Å². The Morgan fingerprint density at radius 2 is 1.61 bits per heavy atom. The Labute approximate surface area is 146 Å². The Balaban J connectivity index is 4.74. The monoisotopic (exact) mass is 358 g/mol. The third-order valence-electron chi connectivity index (χ3n) is 4.07. The van der Waals surface area contributed by atoms with Gasteiger partial charge >= 0.3 is 0 Å². The Bertz CT molecular complexity index is 377. The molecule has 0 amide bonds. The predicted molar refractivity (Wildman–Crippen MR) is 106 cm³/mol. The van der Waals surface area contributed by atoms with Crippen molar-refractivity contribution >= 4 is 16.6 Å². The Morgan fingerprint density at radius 1 is 1.00 bits per heavy atom. The first-order valence-corrected chi connectivity index (χ1v) is 14.9. The molecule has 5 heteroatoms. The predicted octanol–water partition coefficient (Wildman–Crippen LogP) is 5.72. The second kappa shape index (κ2) is 9.81.